The number of hydrogen-bond acceptors (Lipinski definition) is 5. The minimum Gasteiger partial charge on any atom is -0.492 e. The summed E-state index contributed by atoms with van der Waals surface area (Å²) in [5, 5.41) is 1.22. The van der Waals surface area contributed by atoms with Crippen molar-refractivity contribution < 1.29 is 4.74 Å². The maximum absolute atomic E-state index is 13.1. The fraction of sp³-hybridized carbons (Fsp3) is 0.174. The molecule has 4 aromatic rings. The Bertz CT molecular complexity index is 1190. The van der Waals surface area contributed by atoms with E-state index in [0.717, 1.165) is 16.9 Å². The zero-order valence-electron chi connectivity index (χ0n) is 16.3. The number of nitrogens with zero attached hydrogens (tertiary/aromatic N) is 3. The summed E-state index contributed by atoms with van der Waals surface area (Å²) in [6.07, 6.45) is 3.36. The van der Waals surface area contributed by atoms with Crippen LogP contribution < -0.4 is 10.3 Å². The van der Waals surface area contributed by atoms with E-state index in [2.05, 4.69) is 4.98 Å². The van der Waals surface area contributed by atoms with Gasteiger partial charge in [-0.3, -0.25) is 14.3 Å². The van der Waals surface area contributed by atoms with Gasteiger partial charge in [0, 0.05) is 11.9 Å². The van der Waals surface area contributed by atoms with Gasteiger partial charge in [0.2, 0.25) is 0 Å². The third-order valence-electron chi connectivity index (χ3n) is 4.62. The van der Waals surface area contributed by atoms with Crippen molar-refractivity contribution in [3.8, 4) is 11.4 Å². The summed E-state index contributed by atoms with van der Waals surface area (Å²) in [5.74, 6) is 1.59. The summed E-state index contributed by atoms with van der Waals surface area (Å²) >= 11 is 1.50. The number of aryl methyl sites for hydroxylation is 2. The molecule has 0 unspecified atom stereocenters. The van der Waals surface area contributed by atoms with Crippen LogP contribution in [-0.4, -0.2) is 26.9 Å². The van der Waals surface area contributed by atoms with Crippen molar-refractivity contribution >= 4 is 22.7 Å². The number of aromatic nitrogens is 3. The number of para-hydroxylation sites is 2. The second kappa shape index (κ2) is 8.49. The molecule has 29 heavy (non-hydrogen) atoms. The van der Waals surface area contributed by atoms with Gasteiger partial charge in [-0.1, -0.05) is 42.1 Å². The van der Waals surface area contributed by atoms with Gasteiger partial charge in [0.25, 0.3) is 5.56 Å². The van der Waals surface area contributed by atoms with Crippen LogP contribution in [-0.2, 0) is 0 Å². The maximum Gasteiger partial charge on any atom is 0.266 e. The topological polar surface area (TPSA) is 57.0 Å². The second-order valence-electron chi connectivity index (χ2n) is 6.68. The monoisotopic (exact) mass is 403 g/mol. The van der Waals surface area contributed by atoms with E-state index >= 15 is 0 Å². The highest BCUT2D eigenvalue weighted by Gasteiger charge is 2.13. The van der Waals surface area contributed by atoms with E-state index < -0.39 is 0 Å². The van der Waals surface area contributed by atoms with Crippen LogP contribution in [0.25, 0.3) is 16.6 Å². The van der Waals surface area contributed by atoms with E-state index in [1.165, 1.54) is 11.8 Å². The van der Waals surface area contributed by atoms with Crippen molar-refractivity contribution in [2.24, 2.45) is 0 Å². The lowest BCUT2D eigenvalue weighted by Crippen LogP contribution is -2.22. The summed E-state index contributed by atoms with van der Waals surface area (Å²) in [6, 6.07) is 17.2. The summed E-state index contributed by atoms with van der Waals surface area (Å²) in [5.41, 5.74) is 3.53. The average Bonchev–Trinajstić information content (AvgIpc) is 2.74. The number of hydrogen-bond donors (Lipinski definition) is 0. The van der Waals surface area contributed by atoms with Crippen LogP contribution in [0.1, 0.15) is 11.1 Å². The number of benzene rings is 2. The molecule has 0 aliphatic heterocycles. The van der Waals surface area contributed by atoms with E-state index in [0.29, 0.717) is 34.1 Å². The molecule has 4 rings (SSSR count). The molecular formula is C23H21N3O2S. The molecule has 0 N–H and O–H groups in total. The highest BCUT2D eigenvalue weighted by atomic mass is 32.2. The normalized spacial score (nSPS) is 11.0. The van der Waals surface area contributed by atoms with Gasteiger partial charge in [0.1, 0.15) is 5.75 Å². The summed E-state index contributed by atoms with van der Waals surface area (Å²) in [7, 11) is 0. The van der Waals surface area contributed by atoms with Gasteiger partial charge >= 0.3 is 0 Å². The molecule has 6 heteroatoms. The maximum atomic E-state index is 13.1. The molecule has 0 saturated carbocycles. The minimum absolute atomic E-state index is 0.0956. The van der Waals surface area contributed by atoms with E-state index in [1.54, 1.807) is 23.0 Å². The lowest BCUT2D eigenvalue weighted by atomic mass is 10.1. The van der Waals surface area contributed by atoms with Crippen LogP contribution in [0.15, 0.2) is 76.9 Å². The minimum atomic E-state index is -0.0956. The number of pyridine rings is 1. The van der Waals surface area contributed by atoms with Crippen LogP contribution >= 0.6 is 11.8 Å². The smallest absolute Gasteiger partial charge is 0.266 e. The van der Waals surface area contributed by atoms with E-state index in [-0.39, 0.29) is 5.56 Å². The number of thioether (sulfide) groups is 1. The van der Waals surface area contributed by atoms with E-state index in [9.17, 15) is 4.79 Å². The standard InChI is InChI=1S/C23H21N3O2S/c1-16-7-5-8-17(2)21(16)28-13-14-29-23-25-20-11-4-3-10-19(20)22(27)26(23)18-9-6-12-24-15-18/h3-12,15H,13-14H2,1-2H3. The van der Waals surface area contributed by atoms with Crippen molar-refractivity contribution in [1.82, 2.24) is 14.5 Å². The van der Waals surface area contributed by atoms with Crippen LogP contribution in [0.2, 0.25) is 0 Å². The zero-order chi connectivity index (χ0) is 20.2. The van der Waals surface area contributed by atoms with E-state index in [4.69, 9.17) is 9.72 Å². The molecule has 0 aliphatic rings. The molecule has 0 amide bonds. The Morgan fingerprint density at radius 3 is 2.55 bits per heavy atom. The highest BCUT2D eigenvalue weighted by molar-refractivity contribution is 7.99. The molecule has 2 aromatic carbocycles. The first-order chi connectivity index (χ1) is 14.1. The van der Waals surface area contributed by atoms with Gasteiger partial charge < -0.3 is 4.74 Å². The Hall–Kier alpha value is -3.12. The summed E-state index contributed by atoms with van der Waals surface area (Å²) in [6.45, 7) is 4.60. The van der Waals surface area contributed by atoms with Gasteiger partial charge in [-0.05, 0) is 49.2 Å². The molecule has 0 fully saturated rings. The molecule has 0 atom stereocenters. The first-order valence-corrected chi connectivity index (χ1v) is 10.4. The Labute approximate surface area is 173 Å². The first kappa shape index (κ1) is 19.2. The predicted molar refractivity (Wildman–Crippen MR) is 117 cm³/mol. The number of ether oxygens (including phenoxy) is 1. The third kappa shape index (κ3) is 4.03. The van der Waals surface area contributed by atoms with Crippen LogP contribution in [0.3, 0.4) is 0 Å². The second-order valence-corrected chi connectivity index (χ2v) is 7.74. The van der Waals surface area contributed by atoms with Gasteiger partial charge in [-0.25, -0.2) is 4.98 Å². The predicted octanol–water partition coefficient (Wildman–Crippen LogP) is 4.57. The lowest BCUT2D eigenvalue weighted by Gasteiger charge is -2.14. The van der Waals surface area contributed by atoms with Crippen LogP contribution in [0, 0.1) is 13.8 Å². The quantitative estimate of drug-likeness (QED) is 0.268. The molecular weight excluding hydrogens is 382 g/mol. The summed E-state index contributed by atoms with van der Waals surface area (Å²) < 4.78 is 7.63. The number of fused-ring (bicyclic) bond motifs is 1. The number of rotatable bonds is 6. The molecule has 146 valence electrons. The van der Waals surface area contributed by atoms with Gasteiger partial charge in [0.15, 0.2) is 5.16 Å². The Morgan fingerprint density at radius 1 is 1.00 bits per heavy atom. The Balaban J connectivity index is 1.62. The van der Waals surface area contributed by atoms with Crippen molar-refractivity contribution in [2.75, 3.05) is 12.4 Å². The Kier molecular flexibility index (Phi) is 5.62. The highest BCUT2D eigenvalue weighted by Crippen LogP contribution is 2.24. The molecule has 0 saturated heterocycles. The Morgan fingerprint density at radius 2 is 1.79 bits per heavy atom. The van der Waals surface area contributed by atoms with Crippen molar-refractivity contribution in [1.29, 1.82) is 0 Å². The molecule has 0 spiro atoms. The largest absolute Gasteiger partial charge is 0.492 e. The van der Waals surface area contributed by atoms with Crippen molar-refractivity contribution in [2.45, 2.75) is 19.0 Å². The zero-order valence-corrected chi connectivity index (χ0v) is 17.1. The van der Waals surface area contributed by atoms with Gasteiger partial charge in [-0.2, -0.15) is 0 Å². The SMILES string of the molecule is Cc1cccc(C)c1OCCSc1nc2ccccc2c(=O)n1-c1cccnc1. The molecule has 0 bridgehead atoms. The summed E-state index contributed by atoms with van der Waals surface area (Å²) in [4.78, 5) is 22.0. The molecule has 0 radical (unpaired) electrons. The van der Waals surface area contributed by atoms with Gasteiger partial charge in [-0.15, -0.1) is 0 Å². The lowest BCUT2D eigenvalue weighted by molar-refractivity contribution is 0.339. The van der Waals surface area contributed by atoms with Crippen molar-refractivity contribution in [3.63, 3.8) is 0 Å². The fourth-order valence-electron chi connectivity index (χ4n) is 3.23. The van der Waals surface area contributed by atoms with Crippen LogP contribution in [0.5, 0.6) is 5.75 Å². The molecule has 2 aromatic heterocycles. The first-order valence-electron chi connectivity index (χ1n) is 9.39. The molecule has 5 nitrogen and oxygen atoms in total. The van der Waals surface area contributed by atoms with Crippen LogP contribution in [0.4, 0.5) is 0 Å². The fourth-order valence-corrected chi connectivity index (χ4v) is 4.06. The van der Waals surface area contributed by atoms with E-state index in [1.807, 2.05) is 62.4 Å². The average molecular weight is 404 g/mol. The third-order valence-corrected chi connectivity index (χ3v) is 5.52. The van der Waals surface area contributed by atoms with Crippen molar-refractivity contribution in [3.05, 3.63) is 88.5 Å². The molecule has 2 heterocycles. The van der Waals surface area contributed by atoms with Gasteiger partial charge in [0.05, 0.1) is 29.4 Å². The molecule has 0 aliphatic carbocycles.